The molecule has 0 radical (unpaired) electrons. The maximum Gasteiger partial charge on any atom is 0.287 e. The number of rotatable bonds is 5. The van der Waals surface area contributed by atoms with Gasteiger partial charge in [0.1, 0.15) is 11.3 Å². The van der Waals surface area contributed by atoms with E-state index in [1.807, 2.05) is 49.4 Å². The van der Waals surface area contributed by atoms with Gasteiger partial charge < -0.3 is 14.5 Å². The summed E-state index contributed by atoms with van der Waals surface area (Å²) in [7, 11) is 1.64. The summed E-state index contributed by atoms with van der Waals surface area (Å²) in [6.07, 6.45) is 0.751. The fourth-order valence-electron chi connectivity index (χ4n) is 2.60. The van der Waals surface area contributed by atoms with Crippen LogP contribution in [0.25, 0.3) is 11.0 Å². The van der Waals surface area contributed by atoms with E-state index in [1.165, 1.54) is 0 Å². The molecule has 0 saturated carbocycles. The van der Waals surface area contributed by atoms with E-state index in [4.69, 9.17) is 9.15 Å². The third-order valence-electron chi connectivity index (χ3n) is 3.96. The number of amides is 1. The van der Waals surface area contributed by atoms with Crippen LogP contribution in [-0.2, 0) is 6.42 Å². The minimum Gasteiger partial charge on any atom is -0.497 e. The van der Waals surface area contributed by atoms with Crippen molar-refractivity contribution in [3.8, 4) is 5.75 Å². The number of methoxy groups -OCH3 is 1. The molecule has 2 aromatic carbocycles. The van der Waals surface area contributed by atoms with Crippen LogP contribution in [0, 0.1) is 6.92 Å². The standard InChI is InChI=1S/C19H18BrNO3/c1-12-16-11-14(20)5-8-17(16)24-18(12)19(22)21-10-9-13-3-6-15(23-2)7-4-13/h3-8,11H,9-10H2,1-2H3,(H,21,22). The monoisotopic (exact) mass is 387 g/mol. The lowest BCUT2D eigenvalue weighted by Gasteiger charge is -2.05. The molecule has 1 aromatic heterocycles. The SMILES string of the molecule is COc1ccc(CCNC(=O)c2oc3ccc(Br)cc3c2C)cc1. The minimum atomic E-state index is -0.187. The Morgan fingerprint density at radius 1 is 1.21 bits per heavy atom. The van der Waals surface area contributed by atoms with Gasteiger partial charge in [0.15, 0.2) is 5.76 Å². The van der Waals surface area contributed by atoms with E-state index in [-0.39, 0.29) is 5.91 Å². The van der Waals surface area contributed by atoms with Gasteiger partial charge in [-0.25, -0.2) is 0 Å². The number of nitrogens with one attached hydrogen (secondary N) is 1. The molecule has 0 spiro atoms. The van der Waals surface area contributed by atoms with Gasteiger partial charge in [0.25, 0.3) is 5.91 Å². The summed E-state index contributed by atoms with van der Waals surface area (Å²) in [4.78, 5) is 12.4. The summed E-state index contributed by atoms with van der Waals surface area (Å²) in [5.74, 6) is 1.01. The molecule has 1 amide bonds. The van der Waals surface area contributed by atoms with Crippen LogP contribution in [0.1, 0.15) is 21.7 Å². The number of furan rings is 1. The van der Waals surface area contributed by atoms with Crippen LogP contribution >= 0.6 is 15.9 Å². The maximum atomic E-state index is 12.4. The van der Waals surface area contributed by atoms with Crippen molar-refractivity contribution in [1.82, 2.24) is 5.32 Å². The summed E-state index contributed by atoms with van der Waals surface area (Å²) in [5, 5.41) is 3.87. The number of carbonyl (C=O) groups excluding carboxylic acids is 1. The molecule has 3 aromatic rings. The molecule has 0 saturated heterocycles. The Hall–Kier alpha value is -2.27. The fraction of sp³-hybridized carbons (Fsp3) is 0.211. The first-order chi connectivity index (χ1) is 11.6. The minimum absolute atomic E-state index is 0.187. The molecular formula is C19H18BrNO3. The highest BCUT2D eigenvalue weighted by Gasteiger charge is 2.17. The average molecular weight is 388 g/mol. The van der Waals surface area contributed by atoms with E-state index in [9.17, 15) is 4.79 Å². The van der Waals surface area contributed by atoms with Crippen LogP contribution in [-0.4, -0.2) is 19.6 Å². The average Bonchev–Trinajstić information content (AvgIpc) is 2.92. The van der Waals surface area contributed by atoms with Crippen LogP contribution < -0.4 is 10.1 Å². The van der Waals surface area contributed by atoms with Gasteiger partial charge in [0.05, 0.1) is 7.11 Å². The van der Waals surface area contributed by atoms with E-state index in [0.29, 0.717) is 12.3 Å². The third kappa shape index (κ3) is 3.46. The van der Waals surface area contributed by atoms with Gasteiger partial charge in [-0.05, 0) is 49.2 Å². The predicted molar refractivity (Wildman–Crippen MR) is 97.7 cm³/mol. The number of carbonyl (C=O) groups is 1. The Bertz CT molecular complexity index is 868. The van der Waals surface area contributed by atoms with Gasteiger partial charge >= 0.3 is 0 Å². The lowest BCUT2D eigenvalue weighted by Crippen LogP contribution is -2.25. The molecule has 0 unspecified atom stereocenters. The van der Waals surface area contributed by atoms with Gasteiger partial charge in [-0.15, -0.1) is 0 Å². The summed E-state index contributed by atoms with van der Waals surface area (Å²) in [6, 6.07) is 13.5. The highest BCUT2D eigenvalue weighted by Crippen LogP contribution is 2.28. The lowest BCUT2D eigenvalue weighted by atomic mass is 10.1. The van der Waals surface area contributed by atoms with Crippen molar-refractivity contribution < 1.29 is 13.9 Å². The van der Waals surface area contributed by atoms with Crippen LogP contribution in [0.5, 0.6) is 5.75 Å². The van der Waals surface area contributed by atoms with E-state index in [1.54, 1.807) is 7.11 Å². The summed E-state index contributed by atoms with van der Waals surface area (Å²) in [6.45, 7) is 2.45. The number of halogens is 1. The topological polar surface area (TPSA) is 51.5 Å². The van der Waals surface area contributed by atoms with Crippen molar-refractivity contribution in [2.24, 2.45) is 0 Å². The predicted octanol–water partition coefficient (Wildman–Crippen LogP) is 4.48. The quantitative estimate of drug-likeness (QED) is 0.701. The normalized spacial score (nSPS) is 10.8. The molecule has 0 aliphatic rings. The first-order valence-corrected chi connectivity index (χ1v) is 8.47. The Balaban J connectivity index is 1.65. The van der Waals surface area contributed by atoms with Crippen molar-refractivity contribution in [2.75, 3.05) is 13.7 Å². The van der Waals surface area contributed by atoms with E-state index in [0.717, 1.165) is 38.7 Å². The highest BCUT2D eigenvalue weighted by atomic mass is 79.9. The summed E-state index contributed by atoms with van der Waals surface area (Å²) >= 11 is 3.44. The molecule has 0 fully saturated rings. The second-order valence-corrected chi connectivity index (χ2v) is 6.47. The molecule has 5 heteroatoms. The van der Waals surface area contributed by atoms with Crippen LogP contribution in [0.3, 0.4) is 0 Å². The second-order valence-electron chi connectivity index (χ2n) is 5.55. The summed E-state index contributed by atoms with van der Waals surface area (Å²) in [5.41, 5.74) is 2.71. The second kappa shape index (κ2) is 7.09. The molecule has 0 aliphatic heterocycles. The molecule has 124 valence electrons. The van der Waals surface area contributed by atoms with Crippen molar-refractivity contribution in [1.29, 1.82) is 0 Å². The number of benzene rings is 2. The zero-order chi connectivity index (χ0) is 17.1. The Kier molecular flexibility index (Phi) is 4.90. The zero-order valence-electron chi connectivity index (χ0n) is 13.6. The van der Waals surface area contributed by atoms with E-state index >= 15 is 0 Å². The Morgan fingerprint density at radius 3 is 2.67 bits per heavy atom. The molecule has 1 N–H and O–H groups in total. The summed E-state index contributed by atoms with van der Waals surface area (Å²) < 4.78 is 11.8. The fourth-order valence-corrected chi connectivity index (χ4v) is 2.96. The van der Waals surface area contributed by atoms with Gasteiger partial charge in [-0.1, -0.05) is 28.1 Å². The van der Waals surface area contributed by atoms with Crippen molar-refractivity contribution in [3.05, 3.63) is 63.8 Å². The molecule has 0 bridgehead atoms. The number of ether oxygens (including phenoxy) is 1. The Labute approximate surface area is 148 Å². The molecule has 3 rings (SSSR count). The first kappa shape index (κ1) is 16.6. The zero-order valence-corrected chi connectivity index (χ0v) is 15.1. The Morgan fingerprint density at radius 2 is 1.96 bits per heavy atom. The van der Waals surface area contributed by atoms with E-state index < -0.39 is 0 Å². The molecule has 24 heavy (non-hydrogen) atoms. The number of hydrogen-bond donors (Lipinski definition) is 1. The van der Waals surface area contributed by atoms with Crippen molar-refractivity contribution >= 4 is 32.8 Å². The molecule has 4 nitrogen and oxygen atoms in total. The van der Waals surface area contributed by atoms with Crippen LogP contribution in [0.15, 0.2) is 51.4 Å². The smallest absolute Gasteiger partial charge is 0.287 e. The van der Waals surface area contributed by atoms with Gasteiger partial charge in [0.2, 0.25) is 0 Å². The third-order valence-corrected chi connectivity index (χ3v) is 4.46. The van der Waals surface area contributed by atoms with Gasteiger partial charge in [0, 0.05) is 22.0 Å². The molecule has 0 atom stereocenters. The van der Waals surface area contributed by atoms with Crippen molar-refractivity contribution in [2.45, 2.75) is 13.3 Å². The molecular weight excluding hydrogens is 370 g/mol. The maximum absolute atomic E-state index is 12.4. The lowest BCUT2D eigenvalue weighted by molar-refractivity contribution is 0.0928. The highest BCUT2D eigenvalue weighted by molar-refractivity contribution is 9.10. The van der Waals surface area contributed by atoms with Crippen molar-refractivity contribution in [3.63, 3.8) is 0 Å². The number of hydrogen-bond acceptors (Lipinski definition) is 3. The first-order valence-electron chi connectivity index (χ1n) is 7.68. The van der Waals surface area contributed by atoms with E-state index in [2.05, 4.69) is 21.2 Å². The number of fused-ring (bicyclic) bond motifs is 1. The largest absolute Gasteiger partial charge is 0.497 e. The number of aryl methyl sites for hydroxylation is 1. The van der Waals surface area contributed by atoms with Crippen LogP contribution in [0.4, 0.5) is 0 Å². The molecule has 1 heterocycles. The van der Waals surface area contributed by atoms with Gasteiger partial charge in [-0.3, -0.25) is 4.79 Å². The van der Waals surface area contributed by atoms with Crippen LogP contribution in [0.2, 0.25) is 0 Å². The molecule has 0 aliphatic carbocycles. The van der Waals surface area contributed by atoms with Gasteiger partial charge in [-0.2, -0.15) is 0 Å².